The van der Waals surface area contributed by atoms with E-state index in [2.05, 4.69) is 15.0 Å². The lowest BCUT2D eigenvalue weighted by Crippen LogP contribution is -2.32. The van der Waals surface area contributed by atoms with Gasteiger partial charge in [0.2, 0.25) is 0 Å². The van der Waals surface area contributed by atoms with Crippen molar-refractivity contribution in [3.8, 4) is 0 Å². The summed E-state index contributed by atoms with van der Waals surface area (Å²) in [5.41, 5.74) is 7.37. The molecule has 3 heterocycles. The van der Waals surface area contributed by atoms with Crippen LogP contribution in [0.1, 0.15) is 11.7 Å². The van der Waals surface area contributed by atoms with Crippen LogP contribution in [0.25, 0.3) is 11.0 Å². The smallest absolute Gasteiger partial charge is 0.151 e. The highest BCUT2D eigenvalue weighted by atomic mass is 16.6. The zero-order chi connectivity index (χ0) is 13.6. The van der Waals surface area contributed by atoms with E-state index in [1.54, 1.807) is 6.20 Å². The van der Waals surface area contributed by atoms with Crippen molar-refractivity contribution in [2.45, 2.75) is 24.4 Å². The highest BCUT2D eigenvalue weighted by molar-refractivity contribution is 5.87. The van der Waals surface area contributed by atoms with Crippen LogP contribution >= 0.6 is 0 Å². The van der Waals surface area contributed by atoms with Gasteiger partial charge < -0.3 is 30.8 Å². The first-order chi connectivity index (χ1) is 9.13. The number of H-pyrrole nitrogens is 1. The van der Waals surface area contributed by atoms with Crippen LogP contribution in [-0.4, -0.2) is 55.2 Å². The van der Waals surface area contributed by atoms with E-state index < -0.39 is 24.4 Å². The van der Waals surface area contributed by atoms with Gasteiger partial charge in [0.25, 0.3) is 0 Å². The number of ether oxygens (including phenoxy) is 1. The Labute approximate surface area is 107 Å². The van der Waals surface area contributed by atoms with E-state index in [1.807, 2.05) is 0 Å². The Morgan fingerprint density at radius 3 is 2.79 bits per heavy atom. The molecule has 4 atom stereocenters. The van der Waals surface area contributed by atoms with E-state index in [-0.39, 0.29) is 6.61 Å². The van der Waals surface area contributed by atoms with Crippen molar-refractivity contribution < 1.29 is 20.1 Å². The number of aromatic nitrogens is 3. The van der Waals surface area contributed by atoms with Crippen molar-refractivity contribution >= 4 is 16.9 Å². The number of hydrogen-bond donors (Lipinski definition) is 5. The van der Waals surface area contributed by atoms with Crippen LogP contribution in [0.5, 0.6) is 0 Å². The number of aliphatic hydroxyl groups is 3. The summed E-state index contributed by atoms with van der Waals surface area (Å²) >= 11 is 0. The van der Waals surface area contributed by atoms with E-state index in [1.165, 1.54) is 6.33 Å². The van der Waals surface area contributed by atoms with Gasteiger partial charge in [0.1, 0.15) is 36.3 Å². The van der Waals surface area contributed by atoms with Gasteiger partial charge in [-0.15, -0.1) is 0 Å². The van der Waals surface area contributed by atoms with E-state index in [0.29, 0.717) is 22.4 Å². The zero-order valence-electron chi connectivity index (χ0n) is 9.89. The van der Waals surface area contributed by atoms with Crippen LogP contribution in [-0.2, 0) is 4.74 Å². The number of anilines is 1. The third kappa shape index (κ3) is 1.77. The lowest BCUT2D eigenvalue weighted by Gasteiger charge is -2.13. The molecule has 8 nitrogen and oxygen atoms in total. The number of nitrogens with one attached hydrogen (secondary N) is 1. The van der Waals surface area contributed by atoms with Gasteiger partial charge in [-0.05, 0) is 0 Å². The van der Waals surface area contributed by atoms with E-state index in [0.717, 1.165) is 0 Å². The number of nitrogens with zero attached hydrogens (tertiary/aromatic N) is 2. The molecule has 0 unspecified atom stereocenters. The summed E-state index contributed by atoms with van der Waals surface area (Å²) in [6.45, 7) is -0.367. The summed E-state index contributed by atoms with van der Waals surface area (Å²) in [5, 5.41) is 28.8. The Morgan fingerprint density at radius 2 is 2.11 bits per heavy atom. The number of nitrogens with two attached hydrogens (primary N) is 1. The summed E-state index contributed by atoms with van der Waals surface area (Å²) in [5.74, 6) is 0.294. The van der Waals surface area contributed by atoms with E-state index in [4.69, 9.17) is 15.6 Å². The average molecular weight is 266 g/mol. The van der Waals surface area contributed by atoms with Crippen molar-refractivity contribution in [3.63, 3.8) is 0 Å². The third-order valence-electron chi connectivity index (χ3n) is 3.37. The molecule has 1 aliphatic heterocycles. The number of nitrogen functional groups attached to an aromatic ring is 1. The first-order valence-electron chi connectivity index (χ1n) is 5.83. The molecular formula is C11H14N4O4. The van der Waals surface area contributed by atoms with Gasteiger partial charge in [0.05, 0.1) is 12.1 Å². The van der Waals surface area contributed by atoms with Crippen molar-refractivity contribution in [3.05, 3.63) is 18.1 Å². The number of hydrogen-bond acceptors (Lipinski definition) is 7. The molecule has 0 bridgehead atoms. The second kappa shape index (κ2) is 4.42. The molecule has 1 fully saturated rings. The fourth-order valence-electron chi connectivity index (χ4n) is 2.35. The van der Waals surface area contributed by atoms with E-state index >= 15 is 0 Å². The molecule has 2 aromatic rings. The maximum absolute atomic E-state index is 9.98. The number of aliphatic hydroxyl groups excluding tert-OH is 3. The maximum Gasteiger partial charge on any atom is 0.151 e. The van der Waals surface area contributed by atoms with Crippen LogP contribution in [0.15, 0.2) is 12.5 Å². The lowest BCUT2D eigenvalue weighted by atomic mass is 10.0. The predicted octanol–water partition coefficient (Wildman–Crippen LogP) is -1.31. The first kappa shape index (κ1) is 12.3. The average Bonchev–Trinajstić information content (AvgIpc) is 2.94. The van der Waals surface area contributed by atoms with Gasteiger partial charge in [-0.25, -0.2) is 9.97 Å². The molecular weight excluding hydrogens is 252 g/mol. The van der Waals surface area contributed by atoms with Crippen molar-refractivity contribution in [1.29, 1.82) is 0 Å². The fraction of sp³-hybridized carbons (Fsp3) is 0.455. The molecule has 0 saturated carbocycles. The Balaban J connectivity index is 2.04. The van der Waals surface area contributed by atoms with Gasteiger partial charge >= 0.3 is 0 Å². The quantitative estimate of drug-likeness (QED) is 0.455. The van der Waals surface area contributed by atoms with Gasteiger partial charge in [0, 0.05) is 11.8 Å². The van der Waals surface area contributed by atoms with Crippen molar-refractivity contribution in [1.82, 2.24) is 15.0 Å². The van der Waals surface area contributed by atoms with Crippen molar-refractivity contribution in [2.24, 2.45) is 0 Å². The van der Waals surface area contributed by atoms with E-state index in [9.17, 15) is 10.2 Å². The molecule has 1 saturated heterocycles. The number of aromatic amines is 1. The van der Waals surface area contributed by atoms with Crippen LogP contribution in [0, 0.1) is 0 Å². The Bertz CT molecular complexity index is 601. The van der Waals surface area contributed by atoms with Crippen LogP contribution < -0.4 is 5.73 Å². The van der Waals surface area contributed by atoms with Gasteiger partial charge in [-0.3, -0.25) is 0 Å². The minimum absolute atomic E-state index is 0.294. The normalized spacial score (nSPS) is 31.1. The Morgan fingerprint density at radius 1 is 1.32 bits per heavy atom. The second-order valence-electron chi connectivity index (χ2n) is 4.49. The lowest BCUT2D eigenvalue weighted by molar-refractivity contribution is -0.0224. The summed E-state index contributed by atoms with van der Waals surface area (Å²) < 4.78 is 5.46. The standard InChI is InChI=1S/C11H14N4O4/c12-11-7-6(14-3-15-11)4(1-13-7)10-9(18)8(17)5(2-16)19-10/h1,3,5,8-10,13,16-18H,2H2,(H2,12,14,15)/t5-,8+,9+,10+/m0/s1. The molecule has 0 aliphatic carbocycles. The monoisotopic (exact) mass is 266 g/mol. The largest absolute Gasteiger partial charge is 0.394 e. The number of rotatable bonds is 2. The van der Waals surface area contributed by atoms with Gasteiger partial charge in [0.15, 0.2) is 5.82 Å². The Kier molecular flexibility index (Phi) is 2.86. The molecule has 8 heteroatoms. The molecule has 19 heavy (non-hydrogen) atoms. The highest BCUT2D eigenvalue weighted by Crippen LogP contribution is 2.36. The van der Waals surface area contributed by atoms with Crippen molar-refractivity contribution in [2.75, 3.05) is 12.3 Å². The molecule has 6 N–H and O–H groups in total. The molecule has 0 radical (unpaired) electrons. The van der Waals surface area contributed by atoms with Crippen LogP contribution in [0.3, 0.4) is 0 Å². The van der Waals surface area contributed by atoms with Gasteiger partial charge in [-0.2, -0.15) is 0 Å². The summed E-state index contributed by atoms with van der Waals surface area (Å²) in [4.78, 5) is 10.9. The second-order valence-corrected chi connectivity index (χ2v) is 4.49. The topological polar surface area (TPSA) is 138 Å². The zero-order valence-corrected chi connectivity index (χ0v) is 9.89. The molecule has 102 valence electrons. The fourth-order valence-corrected chi connectivity index (χ4v) is 2.35. The first-order valence-corrected chi connectivity index (χ1v) is 5.83. The molecule has 0 spiro atoms. The molecule has 0 amide bonds. The molecule has 0 aromatic carbocycles. The third-order valence-corrected chi connectivity index (χ3v) is 3.37. The molecule has 1 aliphatic rings. The summed E-state index contributed by atoms with van der Waals surface area (Å²) in [6, 6.07) is 0. The predicted molar refractivity (Wildman–Crippen MR) is 65.0 cm³/mol. The van der Waals surface area contributed by atoms with Crippen LogP contribution in [0.2, 0.25) is 0 Å². The maximum atomic E-state index is 9.98. The highest BCUT2D eigenvalue weighted by Gasteiger charge is 2.44. The Hall–Kier alpha value is -1.74. The minimum atomic E-state index is -1.14. The summed E-state index contributed by atoms with van der Waals surface area (Å²) in [7, 11) is 0. The minimum Gasteiger partial charge on any atom is -0.394 e. The summed E-state index contributed by atoms with van der Waals surface area (Å²) in [6.07, 6.45) is -0.933. The molecule has 2 aromatic heterocycles. The van der Waals surface area contributed by atoms with Crippen LogP contribution in [0.4, 0.5) is 5.82 Å². The van der Waals surface area contributed by atoms with Gasteiger partial charge in [-0.1, -0.05) is 0 Å². The molecule has 3 rings (SSSR count). The number of fused-ring (bicyclic) bond motifs is 1. The SMILES string of the molecule is Nc1ncnc2c([C@H]3O[C@@H](CO)[C@@H](O)[C@H]3O)c[nH]c12.